The number of nitrogens with zero attached hydrogens (tertiary/aromatic N) is 2. The van der Waals surface area contributed by atoms with E-state index in [9.17, 15) is 18.0 Å². The molecule has 6 nitrogen and oxygen atoms in total. The van der Waals surface area contributed by atoms with Crippen molar-refractivity contribution in [3.05, 3.63) is 34.7 Å². The molecule has 2 amide bonds. The fraction of sp³-hybridized carbons (Fsp3) is 0.353. The van der Waals surface area contributed by atoms with Gasteiger partial charge in [-0.25, -0.2) is 8.42 Å². The smallest absolute Gasteiger partial charge is 0.267 e. The summed E-state index contributed by atoms with van der Waals surface area (Å²) >= 11 is 6.44. The third-order valence-electron chi connectivity index (χ3n) is 4.84. The van der Waals surface area contributed by atoms with E-state index in [0.29, 0.717) is 27.8 Å². The number of benzene rings is 1. The molecule has 4 rings (SSSR count). The Morgan fingerprint density at radius 1 is 1.23 bits per heavy atom. The Hall–Kier alpha value is -1.71. The first-order valence-electron chi connectivity index (χ1n) is 8.25. The minimum atomic E-state index is -3.14. The zero-order chi connectivity index (χ0) is 18.6. The predicted octanol–water partition coefficient (Wildman–Crippen LogP) is 1.81. The van der Waals surface area contributed by atoms with Crippen LogP contribution >= 0.6 is 24.0 Å². The van der Waals surface area contributed by atoms with Crippen LogP contribution in [0.4, 0.5) is 5.69 Å². The number of thiocarbonyl (C=S) groups is 1. The van der Waals surface area contributed by atoms with Crippen LogP contribution in [0.2, 0.25) is 0 Å². The van der Waals surface area contributed by atoms with Crippen molar-refractivity contribution in [3.63, 3.8) is 0 Å². The van der Waals surface area contributed by atoms with Crippen LogP contribution < -0.4 is 4.90 Å². The third kappa shape index (κ3) is 2.60. The summed E-state index contributed by atoms with van der Waals surface area (Å²) in [6.45, 7) is 2.38. The molecule has 2 fully saturated rings. The molecule has 3 aliphatic rings. The average molecular weight is 409 g/mol. The van der Waals surface area contributed by atoms with Crippen LogP contribution in [0, 0.1) is 0 Å². The summed E-state index contributed by atoms with van der Waals surface area (Å²) < 4.78 is 23.9. The lowest BCUT2D eigenvalue weighted by Crippen LogP contribution is -2.39. The van der Waals surface area contributed by atoms with Crippen LogP contribution in [0.25, 0.3) is 5.57 Å². The number of carbonyl (C=O) groups is 2. The fourth-order valence-corrected chi connectivity index (χ4v) is 6.81. The number of thioether (sulfide) groups is 1. The van der Waals surface area contributed by atoms with Crippen molar-refractivity contribution in [2.24, 2.45) is 0 Å². The highest BCUT2D eigenvalue weighted by molar-refractivity contribution is 8.26. The summed E-state index contributed by atoms with van der Waals surface area (Å²) in [6, 6.07) is 6.92. The highest BCUT2D eigenvalue weighted by atomic mass is 32.2. The number of hydrogen-bond acceptors (Lipinski definition) is 6. The Morgan fingerprint density at radius 3 is 2.62 bits per heavy atom. The van der Waals surface area contributed by atoms with E-state index in [0.717, 1.165) is 23.0 Å². The quantitative estimate of drug-likeness (QED) is 0.549. The largest absolute Gasteiger partial charge is 0.308 e. The number of fused-ring (bicyclic) bond motifs is 1. The molecule has 26 heavy (non-hydrogen) atoms. The number of sulfone groups is 1. The van der Waals surface area contributed by atoms with Gasteiger partial charge in [-0.1, -0.05) is 42.2 Å². The summed E-state index contributed by atoms with van der Waals surface area (Å²) in [4.78, 5) is 29.3. The van der Waals surface area contributed by atoms with Gasteiger partial charge < -0.3 is 4.90 Å². The van der Waals surface area contributed by atoms with Crippen molar-refractivity contribution in [1.29, 1.82) is 0 Å². The van der Waals surface area contributed by atoms with Gasteiger partial charge in [0, 0.05) is 12.1 Å². The number of hydrogen-bond donors (Lipinski definition) is 0. The van der Waals surface area contributed by atoms with Crippen molar-refractivity contribution >= 4 is 61.2 Å². The SMILES string of the molecule is CCN1C(=O)/C(=C2/SC(=S)N([C@@H]3CCS(=O)(=O)C3)C2=O)c2ccccc21. The molecule has 0 saturated carbocycles. The van der Waals surface area contributed by atoms with E-state index in [1.54, 1.807) is 4.90 Å². The van der Waals surface area contributed by atoms with E-state index in [-0.39, 0.29) is 23.3 Å². The number of para-hydroxylation sites is 1. The molecular weight excluding hydrogens is 392 g/mol. The van der Waals surface area contributed by atoms with Gasteiger partial charge in [0.05, 0.1) is 33.7 Å². The van der Waals surface area contributed by atoms with E-state index < -0.39 is 15.9 Å². The first-order chi connectivity index (χ1) is 12.3. The second-order valence-corrected chi connectivity index (χ2v) is 10.2. The van der Waals surface area contributed by atoms with Crippen LogP contribution in [0.3, 0.4) is 0 Å². The maximum atomic E-state index is 13.0. The zero-order valence-corrected chi connectivity index (χ0v) is 16.4. The summed E-state index contributed by atoms with van der Waals surface area (Å²) in [6.07, 6.45) is 0.378. The van der Waals surface area contributed by atoms with Crippen LogP contribution in [-0.2, 0) is 19.4 Å². The van der Waals surface area contributed by atoms with Gasteiger partial charge in [-0.3, -0.25) is 14.5 Å². The lowest BCUT2D eigenvalue weighted by molar-refractivity contribution is -0.123. The van der Waals surface area contributed by atoms with Gasteiger partial charge in [0.25, 0.3) is 11.8 Å². The lowest BCUT2D eigenvalue weighted by Gasteiger charge is -2.21. The zero-order valence-electron chi connectivity index (χ0n) is 14.0. The minimum Gasteiger partial charge on any atom is -0.308 e. The standard InChI is InChI=1S/C17H16N2O4S3/c1-2-18-12-6-4-3-5-11(12)13(15(18)20)14-16(21)19(17(24)25-14)10-7-8-26(22,23)9-10/h3-6,10H,2,7-9H2,1H3/b14-13+/t10-/m1/s1. The van der Waals surface area contributed by atoms with Gasteiger partial charge in [-0.2, -0.15) is 0 Å². The van der Waals surface area contributed by atoms with Gasteiger partial charge in [0.2, 0.25) is 0 Å². The molecule has 0 aromatic heterocycles. The summed E-state index contributed by atoms with van der Waals surface area (Å²) in [5, 5.41) is 0. The Balaban J connectivity index is 1.78. The molecular formula is C17H16N2O4S3. The molecule has 0 bridgehead atoms. The lowest BCUT2D eigenvalue weighted by atomic mass is 10.1. The molecule has 9 heteroatoms. The Kier molecular flexibility index (Phi) is 4.20. The number of rotatable bonds is 2. The van der Waals surface area contributed by atoms with Crippen molar-refractivity contribution in [2.75, 3.05) is 23.0 Å². The molecule has 3 aliphatic heterocycles. The molecule has 0 spiro atoms. The van der Waals surface area contributed by atoms with Gasteiger partial charge in [0.1, 0.15) is 4.32 Å². The van der Waals surface area contributed by atoms with Crippen LogP contribution in [0.1, 0.15) is 18.9 Å². The summed E-state index contributed by atoms with van der Waals surface area (Å²) in [5.74, 6) is -0.592. The maximum absolute atomic E-state index is 13.0. The number of amides is 2. The van der Waals surface area contributed by atoms with Gasteiger partial charge in [0.15, 0.2) is 9.84 Å². The molecule has 1 aromatic carbocycles. The second kappa shape index (κ2) is 6.17. The molecule has 136 valence electrons. The van der Waals surface area contributed by atoms with Crippen molar-refractivity contribution in [1.82, 2.24) is 4.90 Å². The van der Waals surface area contributed by atoms with Crippen LogP contribution in [0.15, 0.2) is 29.2 Å². The number of anilines is 1. The highest BCUT2D eigenvalue weighted by Crippen LogP contribution is 2.45. The Morgan fingerprint density at radius 2 is 1.96 bits per heavy atom. The topological polar surface area (TPSA) is 74.8 Å². The molecule has 0 unspecified atom stereocenters. The van der Waals surface area contributed by atoms with E-state index in [4.69, 9.17) is 12.2 Å². The molecule has 0 radical (unpaired) electrons. The summed E-state index contributed by atoms with van der Waals surface area (Å²) in [7, 11) is -3.14. The first kappa shape index (κ1) is 17.7. The molecule has 1 atom stereocenters. The second-order valence-electron chi connectivity index (χ2n) is 6.37. The third-order valence-corrected chi connectivity index (χ3v) is 7.99. The van der Waals surface area contributed by atoms with Crippen LogP contribution in [-0.4, -0.2) is 53.5 Å². The van der Waals surface area contributed by atoms with Gasteiger partial charge >= 0.3 is 0 Å². The van der Waals surface area contributed by atoms with Gasteiger partial charge in [-0.15, -0.1) is 0 Å². The highest BCUT2D eigenvalue weighted by Gasteiger charge is 2.46. The average Bonchev–Trinajstić information content (AvgIpc) is 3.18. The number of likely N-dealkylation sites (N-methyl/N-ethyl adjacent to an activating group) is 1. The van der Waals surface area contributed by atoms with E-state index in [1.807, 2.05) is 31.2 Å². The fourth-order valence-electron chi connectivity index (χ4n) is 3.64. The number of carbonyl (C=O) groups excluding carboxylic acids is 2. The van der Waals surface area contributed by atoms with Crippen LogP contribution in [0.5, 0.6) is 0 Å². The van der Waals surface area contributed by atoms with E-state index in [2.05, 4.69) is 0 Å². The van der Waals surface area contributed by atoms with Crippen molar-refractivity contribution in [3.8, 4) is 0 Å². The molecule has 1 aromatic rings. The van der Waals surface area contributed by atoms with Gasteiger partial charge in [-0.05, 0) is 19.4 Å². The summed E-state index contributed by atoms with van der Waals surface area (Å²) in [5.41, 5.74) is 1.87. The minimum absolute atomic E-state index is 0.0615. The van der Waals surface area contributed by atoms with E-state index >= 15 is 0 Å². The Bertz CT molecular complexity index is 983. The van der Waals surface area contributed by atoms with E-state index in [1.165, 1.54) is 4.90 Å². The molecule has 0 N–H and O–H groups in total. The Labute approximate surface area is 161 Å². The molecule has 3 heterocycles. The monoisotopic (exact) mass is 408 g/mol. The maximum Gasteiger partial charge on any atom is 0.267 e. The predicted molar refractivity (Wildman–Crippen MR) is 105 cm³/mol. The first-order valence-corrected chi connectivity index (χ1v) is 11.3. The molecule has 0 aliphatic carbocycles. The normalized spacial score (nSPS) is 27.6. The van der Waals surface area contributed by atoms with Crippen molar-refractivity contribution in [2.45, 2.75) is 19.4 Å². The molecule has 2 saturated heterocycles. The van der Waals surface area contributed by atoms with Crippen molar-refractivity contribution < 1.29 is 18.0 Å².